The first-order valence-electron chi connectivity index (χ1n) is 4.18. The Morgan fingerprint density at radius 3 is 2.56 bits per heavy atom. The molecule has 0 amide bonds. The first-order valence-corrected chi connectivity index (χ1v) is 4.18. The van der Waals surface area contributed by atoms with Gasteiger partial charge < -0.3 is 4.74 Å². The maximum atomic E-state index is 11.2. The van der Waals surface area contributed by atoms with Crippen molar-refractivity contribution in [1.82, 2.24) is 0 Å². The second-order valence-corrected chi connectivity index (χ2v) is 2.44. The molecule has 16 heavy (non-hydrogen) atoms. The minimum atomic E-state index is -1.46. The van der Waals surface area contributed by atoms with Crippen LogP contribution in [0.2, 0.25) is 0 Å². The third-order valence-electron chi connectivity index (χ3n) is 1.55. The van der Waals surface area contributed by atoms with Crippen LogP contribution in [-0.2, 0) is 14.3 Å². The van der Waals surface area contributed by atoms with E-state index in [1.165, 1.54) is 19.1 Å². The van der Waals surface area contributed by atoms with Crippen molar-refractivity contribution in [2.24, 2.45) is 0 Å². The highest BCUT2D eigenvalue weighted by Crippen LogP contribution is 2.11. The van der Waals surface area contributed by atoms with E-state index in [9.17, 15) is 9.59 Å². The highest BCUT2D eigenvalue weighted by Gasteiger charge is 2.27. The van der Waals surface area contributed by atoms with E-state index in [2.05, 4.69) is 9.58 Å². The van der Waals surface area contributed by atoms with Crippen molar-refractivity contribution in [1.29, 1.82) is 10.5 Å². The van der Waals surface area contributed by atoms with Crippen LogP contribution in [0, 0.1) is 29.2 Å². The van der Waals surface area contributed by atoms with Gasteiger partial charge in [-0.15, -0.1) is 0 Å². The Kier molecular flexibility index (Phi) is 5.63. The molecule has 1 unspecified atom stereocenters. The highest BCUT2D eigenvalue weighted by atomic mass is 16.5. The number of hydrogen-bond acceptors (Lipinski definition) is 5. The fourth-order valence-corrected chi connectivity index (χ4v) is 0.857. The fraction of sp³-hybridized carbons (Fsp3) is 0.300. The first kappa shape index (κ1) is 13.4. The zero-order chi connectivity index (χ0) is 12.6. The van der Waals surface area contributed by atoms with Gasteiger partial charge in [-0.05, 0) is 6.92 Å². The van der Waals surface area contributed by atoms with Gasteiger partial charge in [0.15, 0.2) is 12.4 Å². The molecule has 0 aliphatic carbocycles. The molecule has 0 heterocycles. The van der Waals surface area contributed by atoms with Crippen LogP contribution in [0.15, 0.2) is 11.1 Å². The Morgan fingerprint density at radius 2 is 2.25 bits per heavy atom. The fourth-order valence-electron chi connectivity index (χ4n) is 0.857. The molecule has 0 fully saturated rings. The molecule has 0 N–H and O–H groups in total. The van der Waals surface area contributed by atoms with E-state index in [1.54, 1.807) is 0 Å². The van der Waals surface area contributed by atoms with Crippen molar-refractivity contribution >= 4 is 12.3 Å². The van der Waals surface area contributed by atoms with Crippen molar-refractivity contribution in [3.63, 3.8) is 0 Å². The van der Waals surface area contributed by atoms with Crippen LogP contribution < -0.4 is 0 Å². The van der Waals surface area contributed by atoms with E-state index in [0.717, 1.165) is 0 Å². The van der Waals surface area contributed by atoms with E-state index in [-0.39, 0.29) is 12.9 Å². The van der Waals surface area contributed by atoms with E-state index in [0.29, 0.717) is 0 Å². The molecule has 0 rings (SSSR count). The number of rotatable bonds is 4. The summed E-state index contributed by atoms with van der Waals surface area (Å²) in [6, 6.07) is 1.56. The summed E-state index contributed by atoms with van der Waals surface area (Å²) in [6.45, 7) is 8.22. The van der Waals surface area contributed by atoms with Crippen LogP contribution in [0.3, 0.4) is 0 Å². The van der Waals surface area contributed by atoms with Gasteiger partial charge in [-0.1, -0.05) is 0 Å². The predicted molar refractivity (Wildman–Crippen MR) is 51.3 cm³/mol. The Bertz CT molecular complexity index is 431. The van der Waals surface area contributed by atoms with Crippen molar-refractivity contribution < 1.29 is 14.3 Å². The van der Waals surface area contributed by atoms with Gasteiger partial charge in [0.2, 0.25) is 0 Å². The monoisotopic (exact) mass is 217 g/mol. The van der Waals surface area contributed by atoms with Crippen LogP contribution in [0.4, 0.5) is 0 Å². The SMILES string of the molecule is [C-]#[N+]C(C#N)C(C#N)=C(C=O)C(=O)OCC. The van der Waals surface area contributed by atoms with Gasteiger partial charge >= 0.3 is 12.0 Å². The van der Waals surface area contributed by atoms with E-state index < -0.39 is 23.2 Å². The normalized spacial score (nSPS) is 12.1. The van der Waals surface area contributed by atoms with Crippen LogP contribution in [-0.4, -0.2) is 24.9 Å². The molecule has 0 aromatic rings. The summed E-state index contributed by atoms with van der Waals surface area (Å²) in [5.41, 5.74) is -1.06. The lowest BCUT2D eigenvalue weighted by atomic mass is 10.0. The molecule has 0 bridgehead atoms. The molecule has 0 spiro atoms. The summed E-state index contributed by atoms with van der Waals surface area (Å²) in [4.78, 5) is 24.7. The van der Waals surface area contributed by atoms with Crippen LogP contribution in [0.1, 0.15) is 6.92 Å². The topological polar surface area (TPSA) is 95.3 Å². The maximum Gasteiger partial charge on any atom is 0.342 e. The zero-order valence-corrected chi connectivity index (χ0v) is 8.43. The van der Waals surface area contributed by atoms with E-state index in [1.807, 2.05) is 0 Å². The number of ether oxygens (including phenoxy) is 1. The van der Waals surface area contributed by atoms with Crippen LogP contribution >= 0.6 is 0 Å². The molecule has 0 saturated heterocycles. The van der Waals surface area contributed by atoms with Crippen molar-refractivity contribution in [3.05, 3.63) is 22.6 Å². The van der Waals surface area contributed by atoms with Gasteiger partial charge in [-0.2, -0.15) is 10.5 Å². The van der Waals surface area contributed by atoms with Gasteiger partial charge in [-0.3, -0.25) is 9.64 Å². The third-order valence-corrected chi connectivity index (χ3v) is 1.55. The number of nitrogens with zero attached hydrogens (tertiary/aromatic N) is 3. The van der Waals surface area contributed by atoms with Gasteiger partial charge in [-0.25, -0.2) is 11.4 Å². The van der Waals surface area contributed by atoms with E-state index in [4.69, 9.17) is 17.1 Å². The Hall–Kier alpha value is -2.65. The zero-order valence-electron chi connectivity index (χ0n) is 8.43. The summed E-state index contributed by atoms with van der Waals surface area (Å²) >= 11 is 0. The molecular formula is C10H7N3O3. The lowest BCUT2D eigenvalue weighted by molar-refractivity contribution is -0.139. The summed E-state index contributed by atoms with van der Waals surface area (Å²) in [5, 5.41) is 17.3. The second-order valence-electron chi connectivity index (χ2n) is 2.44. The number of aldehydes is 1. The predicted octanol–water partition coefficient (Wildman–Crippen LogP) is 0.380. The van der Waals surface area contributed by atoms with Crippen molar-refractivity contribution in [2.75, 3.05) is 6.61 Å². The summed E-state index contributed by atoms with van der Waals surface area (Å²) in [7, 11) is 0. The average molecular weight is 217 g/mol. The average Bonchev–Trinajstić information content (AvgIpc) is 2.29. The molecule has 1 atom stereocenters. The maximum absolute atomic E-state index is 11.2. The molecule has 6 heteroatoms. The standard InChI is InChI=1S/C10H7N3O3/c1-3-16-10(15)8(6-14)7(4-11)9(5-12)13-2/h6,9H,3H2,1H3. The van der Waals surface area contributed by atoms with Gasteiger partial charge in [0.05, 0.1) is 6.61 Å². The summed E-state index contributed by atoms with van der Waals surface area (Å²) in [6.07, 6.45) is 0.117. The molecule has 0 saturated carbocycles. The molecule has 0 aromatic carbocycles. The Morgan fingerprint density at radius 1 is 1.62 bits per heavy atom. The molecule has 6 nitrogen and oxygen atoms in total. The van der Waals surface area contributed by atoms with Crippen molar-refractivity contribution in [3.8, 4) is 12.1 Å². The third kappa shape index (κ3) is 2.94. The number of hydrogen-bond donors (Lipinski definition) is 0. The molecule has 0 aromatic heterocycles. The number of carbonyl (C=O) groups excluding carboxylic acids is 2. The number of nitriles is 2. The molecule has 0 aliphatic rings. The lowest BCUT2D eigenvalue weighted by Crippen LogP contribution is -2.15. The molecular weight excluding hydrogens is 210 g/mol. The van der Waals surface area contributed by atoms with Gasteiger partial charge in [0.25, 0.3) is 0 Å². The lowest BCUT2D eigenvalue weighted by Gasteiger charge is -2.02. The summed E-state index contributed by atoms with van der Waals surface area (Å²) < 4.78 is 4.53. The number of esters is 1. The first-order chi connectivity index (χ1) is 7.65. The number of carbonyl (C=O) groups is 2. The second kappa shape index (κ2) is 6.75. The van der Waals surface area contributed by atoms with Crippen LogP contribution in [0.25, 0.3) is 4.85 Å². The quantitative estimate of drug-likeness (QED) is 0.129. The van der Waals surface area contributed by atoms with E-state index >= 15 is 0 Å². The minimum absolute atomic E-state index is 0.0319. The molecule has 0 aliphatic heterocycles. The highest BCUT2D eigenvalue weighted by molar-refractivity contribution is 6.09. The summed E-state index contributed by atoms with van der Waals surface area (Å²) in [5.74, 6) is -1.00. The molecule has 80 valence electrons. The van der Waals surface area contributed by atoms with Crippen LogP contribution in [0.5, 0.6) is 0 Å². The Labute approximate surface area is 92.2 Å². The smallest absolute Gasteiger partial charge is 0.342 e. The van der Waals surface area contributed by atoms with Gasteiger partial charge in [0, 0.05) is 0 Å². The van der Waals surface area contributed by atoms with Crippen molar-refractivity contribution in [2.45, 2.75) is 13.0 Å². The largest absolute Gasteiger partial charge is 0.462 e. The Balaban J connectivity index is 5.52. The minimum Gasteiger partial charge on any atom is -0.462 e. The van der Waals surface area contributed by atoms with Gasteiger partial charge in [0.1, 0.15) is 17.2 Å². The molecule has 0 radical (unpaired) electrons.